The smallest absolute Gasteiger partial charge is 0.410 e. The molecule has 0 saturated carbocycles. The largest absolute Gasteiger partial charge is 0.505 e. The zero-order chi connectivity index (χ0) is 24.1. The van der Waals surface area contributed by atoms with Gasteiger partial charge in [-0.1, -0.05) is 27.2 Å². The number of piperidine rings is 1. The minimum Gasteiger partial charge on any atom is -0.505 e. The molecule has 2 heterocycles. The number of aromatic nitrogens is 2. The van der Waals surface area contributed by atoms with Gasteiger partial charge in [-0.3, -0.25) is 0 Å². The van der Waals surface area contributed by atoms with Gasteiger partial charge in [-0.05, 0) is 59.4 Å². The van der Waals surface area contributed by atoms with Crippen LogP contribution in [0.1, 0.15) is 80.0 Å². The van der Waals surface area contributed by atoms with Crippen LogP contribution >= 0.6 is 0 Å². The molecule has 0 aromatic carbocycles. The summed E-state index contributed by atoms with van der Waals surface area (Å²) in [5.41, 5.74) is -1.42. The molecule has 8 nitrogen and oxygen atoms in total. The summed E-state index contributed by atoms with van der Waals surface area (Å²) in [6.45, 7) is 14.6. The molecule has 5 unspecified atom stereocenters. The Bertz CT molecular complexity index is 737. The average molecular weight is 451 g/mol. The van der Waals surface area contributed by atoms with E-state index in [-0.39, 0.29) is 24.3 Å². The molecule has 0 bridgehead atoms. The molecule has 1 saturated heterocycles. The maximum atomic E-state index is 13.3. The topological polar surface area (TPSA) is 108 Å². The number of carbonyl (C=O) groups excluding carboxylic acids is 1. The zero-order valence-electron chi connectivity index (χ0n) is 20.8. The molecular weight excluding hydrogens is 408 g/mol. The minimum atomic E-state index is -0.906. The Hall–Kier alpha value is -1.93. The van der Waals surface area contributed by atoms with E-state index in [1.54, 1.807) is 4.90 Å². The molecule has 5 atom stereocenters. The molecule has 1 aromatic rings. The van der Waals surface area contributed by atoms with Crippen LogP contribution in [0.5, 0.6) is 5.75 Å². The van der Waals surface area contributed by atoms with Gasteiger partial charge in [0.05, 0.1) is 30.5 Å². The number of ether oxygens (including phenoxy) is 1. The molecule has 1 amide bonds. The summed E-state index contributed by atoms with van der Waals surface area (Å²) in [5, 5.41) is 24.5. The number of amides is 1. The van der Waals surface area contributed by atoms with Crippen molar-refractivity contribution in [2.24, 2.45) is 5.92 Å². The molecule has 32 heavy (non-hydrogen) atoms. The Morgan fingerprint density at radius 3 is 2.44 bits per heavy atom. The summed E-state index contributed by atoms with van der Waals surface area (Å²) in [5.74, 6) is 0.639. The molecule has 1 aliphatic rings. The maximum Gasteiger partial charge on any atom is 0.410 e. The lowest BCUT2D eigenvalue weighted by atomic mass is 9.79. The Morgan fingerprint density at radius 1 is 1.28 bits per heavy atom. The lowest BCUT2D eigenvalue weighted by Gasteiger charge is -2.44. The van der Waals surface area contributed by atoms with E-state index in [0.29, 0.717) is 18.3 Å². The van der Waals surface area contributed by atoms with Crippen LogP contribution in [-0.2, 0) is 10.2 Å². The second kappa shape index (κ2) is 10.8. The lowest BCUT2D eigenvalue weighted by Crippen LogP contribution is -2.58. The van der Waals surface area contributed by atoms with E-state index >= 15 is 0 Å². The summed E-state index contributed by atoms with van der Waals surface area (Å²) in [4.78, 5) is 23.5. The monoisotopic (exact) mass is 450 g/mol. The number of nitrogens with zero attached hydrogens (tertiary/aromatic N) is 3. The molecule has 3 N–H and O–H groups in total. The summed E-state index contributed by atoms with van der Waals surface area (Å²) in [6.07, 6.45) is 4.85. The normalized spacial score (nSPS) is 24.4. The standard InChI is InChI=1S/C24H42N4O4/c1-8-10-17-11-19(16(3)12-25-17)28(22(31)32-23(4,5)6)15-20(30)24(7,9-2)21-26-13-18(29)14-27-21/h13-14,16-17,19-20,25,29-30H,8-12,15H2,1-7H3. The first kappa shape index (κ1) is 26.3. The lowest BCUT2D eigenvalue weighted by molar-refractivity contribution is -0.0223. The molecule has 1 fully saturated rings. The number of aromatic hydroxyl groups is 1. The van der Waals surface area contributed by atoms with Crippen molar-refractivity contribution in [1.82, 2.24) is 20.2 Å². The molecule has 2 rings (SSSR count). The van der Waals surface area contributed by atoms with E-state index in [0.717, 1.165) is 25.8 Å². The van der Waals surface area contributed by atoms with Crippen molar-refractivity contribution in [3.05, 3.63) is 18.2 Å². The Morgan fingerprint density at radius 2 is 1.91 bits per heavy atom. The van der Waals surface area contributed by atoms with Crippen LogP contribution in [-0.4, -0.2) is 68.1 Å². The van der Waals surface area contributed by atoms with E-state index in [1.165, 1.54) is 12.4 Å². The van der Waals surface area contributed by atoms with Crippen molar-refractivity contribution in [3.8, 4) is 5.75 Å². The highest BCUT2D eigenvalue weighted by atomic mass is 16.6. The maximum absolute atomic E-state index is 13.3. The van der Waals surface area contributed by atoms with Gasteiger partial charge in [-0.25, -0.2) is 14.8 Å². The predicted molar refractivity (Wildman–Crippen MR) is 125 cm³/mol. The fourth-order valence-electron chi connectivity index (χ4n) is 4.31. The molecule has 0 aliphatic carbocycles. The van der Waals surface area contributed by atoms with Crippen molar-refractivity contribution in [2.45, 2.75) is 103 Å². The van der Waals surface area contributed by atoms with Crippen molar-refractivity contribution in [1.29, 1.82) is 0 Å². The highest BCUT2D eigenvalue weighted by molar-refractivity contribution is 5.68. The van der Waals surface area contributed by atoms with Crippen LogP contribution in [0.3, 0.4) is 0 Å². The number of aliphatic hydroxyl groups is 1. The van der Waals surface area contributed by atoms with Gasteiger partial charge in [0.25, 0.3) is 0 Å². The zero-order valence-corrected chi connectivity index (χ0v) is 20.8. The van der Waals surface area contributed by atoms with E-state index in [9.17, 15) is 15.0 Å². The molecule has 0 spiro atoms. The molecule has 8 heteroatoms. The number of hydrogen-bond acceptors (Lipinski definition) is 7. The first-order chi connectivity index (χ1) is 14.9. The average Bonchev–Trinajstić information content (AvgIpc) is 2.72. The predicted octanol–water partition coefficient (Wildman–Crippen LogP) is 3.61. The van der Waals surface area contributed by atoms with Crippen molar-refractivity contribution in [3.63, 3.8) is 0 Å². The summed E-state index contributed by atoms with van der Waals surface area (Å²) in [6, 6.07) is 0.292. The van der Waals surface area contributed by atoms with Crippen molar-refractivity contribution >= 4 is 6.09 Å². The molecule has 182 valence electrons. The van der Waals surface area contributed by atoms with E-state index in [2.05, 4.69) is 29.1 Å². The van der Waals surface area contributed by atoms with Crippen LogP contribution in [0.15, 0.2) is 12.4 Å². The van der Waals surface area contributed by atoms with Gasteiger partial charge >= 0.3 is 6.09 Å². The number of carbonyl (C=O) groups is 1. The Kier molecular flexibility index (Phi) is 8.88. The third-order valence-corrected chi connectivity index (χ3v) is 6.57. The fraction of sp³-hybridized carbons (Fsp3) is 0.792. The Balaban J connectivity index is 2.33. The number of hydrogen-bond donors (Lipinski definition) is 3. The second-order valence-electron chi connectivity index (χ2n) is 10.4. The van der Waals surface area contributed by atoms with Gasteiger partial charge in [-0.15, -0.1) is 0 Å². The van der Waals surface area contributed by atoms with Gasteiger partial charge in [0.2, 0.25) is 0 Å². The van der Waals surface area contributed by atoms with Crippen LogP contribution in [0, 0.1) is 5.92 Å². The van der Waals surface area contributed by atoms with Gasteiger partial charge in [0.1, 0.15) is 11.4 Å². The highest BCUT2D eigenvalue weighted by Crippen LogP contribution is 2.32. The van der Waals surface area contributed by atoms with Crippen LogP contribution in [0.4, 0.5) is 4.79 Å². The van der Waals surface area contributed by atoms with Crippen LogP contribution in [0.2, 0.25) is 0 Å². The minimum absolute atomic E-state index is 0.0254. The van der Waals surface area contributed by atoms with Gasteiger partial charge in [-0.2, -0.15) is 0 Å². The van der Waals surface area contributed by atoms with E-state index < -0.39 is 23.2 Å². The van der Waals surface area contributed by atoms with Gasteiger partial charge < -0.3 is 25.2 Å². The molecule has 0 radical (unpaired) electrons. The van der Waals surface area contributed by atoms with Gasteiger partial charge in [0.15, 0.2) is 5.75 Å². The van der Waals surface area contributed by atoms with Crippen LogP contribution < -0.4 is 5.32 Å². The van der Waals surface area contributed by atoms with Gasteiger partial charge in [0, 0.05) is 12.1 Å². The summed E-state index contributed by atoms with van der Waals surface area (Å²) in [7, 11) is 0. The first-order valence-electron chi connectivity index (χ1n) is 11.8. The third kappa shape index (κ3) is 6.54. The highest BCUT2D eigenvalue weighted by Gasteiger charge is 2.42. The fourth-order valence-corrected chi connectivity index (χ4v) is 4.31. The summed E-state index contributed by atoms with van der Waals surface area (Å²) >= 11 is 0. The number of rotatable bonds is 8. The Labute approximate surface area is 192 Å². The second-order valence-corrected chi connectivity index (χ2v) is 10.4. The van der Waals surface area contributed by atoms with E-state index in [1.807, 2.05) is 34.6 Å². The third-order valence-electron chi connectivity index (χ3n) is 6.57. The molecule has 1 aromatic heterocycles. The SMILES string of the molecule is CCCC1CC(N(CC(O)C(C)(CC)c2ncc(O)cn2)C(=O)OC(C)(C)C)C(C)CN1. The van der Waals surface area contributed by atoms with Crippen LogP contribution in [0.25, 0.3) is 0 Å². The quantitative estimate of drug-likeness (QED) is 0.555. The van der Waals surface area contributed by atoms with Crippen molar-refractivity contribution in [2.75, 3.05) is 13.1 Å². The van der Waals surface area contributed by atoms with E-state index in [4.69, 9.17) is 4.74 Å². The van der Waals surface area contributed by atoms with Crippen molar-refractivity contribution < 1.29 is 19.7 Å². The number of aliphatic hydroxyl groups excluding tert-OH is 1. The molecular formula is C24H42N4O4. The summed E-state index contributed by atoms with van der Waals surface area (Å²) < 4.78 is 5.76. The molecule has 1 aliphatic heterocycles. The first-order valence-corrected chi connectivity index (χ1v) is 11.8. The number of nitrogens with one attached hydrogen (secondary N) is 1.